The third-order valence-corrected chi connectivity index (χ3v) is 7.37. The third kappa shape index (κ3) is 4.56. The zero-order valence-electron chi connectivity index (χ0n) is 21.0. The summed E-state index contributed by atoms with van der Waals surface area (Å²) in [6.45, 7) is 2.31. The number of rotatable bonds is 6. The van der Waals surface area contributed by atoms with Gasteiger partial charge in [0.15, 0.2) is 0 Å². The van der Waals surface area contributed by atoms with E-state index in [1.165, 1.54) is 6.07 Å². The Kier molecular flexibility index (Phi) is 6.31. The molecule has 1 fully saturated rings. The molecule has 9 heteroatoms. The highest BCUT2D eigenvalue weighted by Crippen LogP contribution is 2.31. The van der Waals surface area contributed by atoms with Crippen LogP contribution >= 0.6 is 0 Å². The lowest BCUT2D eigenvalue weighted by atomic mass is 9.94. The Morgan fingerprint density at radius 1 is 1.11 bits per heavy atom. The van der Waals surface area contributed by atoms with E-state index in [4.69, 9.17) is 9.73 Å². The van der Waals surface area contributed by atoms with Crippen LogP contribution in [-0.2, 0) is 6.54 Å². The summed E-state index contributed by atoms with van der Waals surface area (Å²) in [5, 5.41) is 10.8. The number of aliphatic imine (C=N–C) groups is 1. The van der Waals surface area contributed by atoms with Crippen LogP contribution in [-0.4, -0.2) is 64.3 Å². The van der Waals surface area contributed by atoms with Crippen molar-refractivity contribution in [2.75, 3.05) is 27.2 Å². The fraction of sp³-hybridized carbons (Fsp3) is 0.321. The van der Waals surface area contributed by atoms with Gasteiger partial charge in [0.25, 0.3) is 0 Å². The minimum atomic E-state index is -0.220. The van der Waals surface area contributed by atoms with Crippen LogP contribution in [0.4, 0.5) is 4.39 Å². The number of benzene rings is 2. The lowest BCUT2D eigenvalue weighted by Crippen LogP contribution is -2.46. The summed E-state index contributed by atoms with van der Waals surface area (Å²) >= 11 is 0. The number of piperidine rings is 1. The van der Waals surface area contributed by atoms with Gasteiger partial charge in [-0.2, -0.15) is 5.10 Å². The fourth-order valence-corrected chi connectivity index (χ4v) is 5.52. The summed E-state index contributed by atoms with van der Waals surface area (Å²) in [4.78, 5) is 11.5. The normalized spacial score (nSPS) is 20.7. The van der Waals surface area contributed by atoms with E-state index in [-0.39, 0.29) is 12.0 Å². The standard InChI is InChI=1S/C28H30FN7O/c1-35-28(20-5-4-14-36(16-20)17-22-23(29)6-3-7-25(22)37-2)31-27(34-35)19-8-9-24-21(15-19)26(33-32-24)18-10-12-30-13-11-18/h3,6-13,15,20,28H,4-5,14,16-17H2,1-2H3,(H,31,34)(H,32,33)/t20?,28-/m1/s1. The Balaban J connectivity index is 1.23. The van der Waals surface area contributed by atoms with Crippen molar-refractivity contribution < 1.29 is 9.13 Å². The number of nitrogens with zero attached hydrogens (tertiary/aromatic N) is 5. The fourth-order valence-electron chi connectivity index (χ4n) is 5.52. The first-order valence-electron chi connectivity index (χ1n) is 12.6. The van der Waals surface area contributed by atoms with Crippen LogP contribution in [0.15, 0.2) is 65.9 Å². The van der Waals surface area contributed by atoms with E-state index in [0.29, 0.717) is 23.8 Å². The largest absolute Gasteiger partial charge is 0.496 e. The lowest BCUT2D eigenvalue weighted by molar-refractivity contribution is 0.0900. The van der Waals surface area contributed by atoms with Gasteiger partial charge in [-0.3, -0.25) is 15.0 Å². The maximum atomic E-state index is 14.6. The molecule has 0 amide bonds. The average Bonchev–Trinajstić information content (AvgIpc) is 3.53. The van der Waals surface area contributed by atoms with Gasteiger partial charge < -0.3 is 10.2 Å². The number of hydrogen-bond acceptors (Lipinski definition) is 7. The SMILES string of the molecule is COc1cccc(F)c1CN1CCCC([C@@H]2N=C(c3ccc4[nH]nc(-c5ccncc5)c4c3)NN2C)C1. The number of H-pyrrole nitrogens is 1. The number of amidine groups is 1. The molecule has 0 aliphatic carbocycles. The van der Waals surface area contributed by atoms with E-state index < -0.39 is 0 Å². The zero-order valence-corrected chi connectivity index (χ0v) is 21.0. The molecule has 1 unspecified atom stereocenters. The predicted molar refractivity (Wildman–Crippen MR) is 142 cm³/mol. The van der Waals surface area contributed by atoms with Gasteiger partial charge in [-0.15, -0.1) is 0 Å². The molecule has 0 radical (unpaired) electrons. The van der Waals surface area contributed by atoms with Crippen LogP contribution in [0.5, 0.6) is 5.75 Å². The first kappa shape index (κ1) is 23.6. The molecule has 1 saturated heterocycles. The van der Waals surface area contributed by atoms with E-state index in [0.717, 1.165) is 59.5 Å². The molecule has 37 heavy (non-hydrogen) atoms. The number of hydrazine groups is 1. The summed E-state index contributed by atoms with van der Waals surface area (Å²) in [5.74, 6) is 1.56. The van der Waals surface area contributed by atoms with Crippen LogP contribution in [0.1, 0.15) is 24.0 Å². The minimum absolute atomic E-state index is 0.0000284. The van der Waals surface area contributed by atoms with Crippen molar-refractivity contribution in [2.24, 2.45) is 10.9 Å². The Hall–Kier alpha value is -3.82. The number of methoxy groups -OCH3 is 1. The van der Waals surface area contributed by atoms with Gasteiger partial charge >= 0.3 is 0 Å². The van der Waals surface area contributed by atoms with Gasteiger partial charge in [0.05, 0.1) is 12.6 Å². The van der Waals surface area contributed by atoms with Gasteiger partial charge in [-0.05, 0) is 61.9 Å². The van der Waals surface area contributed by atoms with E-state index in [2.05, 4.69) is 42.6 Å². The van der Waals surface area contributed by atoms with Gasteiger partial charge in [0.1, 0.15) is 29.3 Å². The molecule has 2 aromatic carbocycles. The van der Waals surface area contributed by atoms with Crippen molar-refractivity contribution in [3.63, 3.8) is 0 Å². The highest BCUT2D eigenvalue weighted by Gasteiger charge is 2.34. The predicted octanol–water partition coefficient (Wildman–Crippen LogP) is 4.21. The Bertz CT molecular complexity index is 1440. The molecule has 2 N–H and O–H groups in total. The molecule has 4 aromatic rings. The summed E-state index contributed by atoms with van der Waals surface area (Å²) in [6.07, 6.45) is 5.67. The molecule has 2 aromatic heterocycles. The van der Waals surface area contributed by atoms with Crippen molar-refractivity contribution in [3.8, 4) is 17.0 Å². The summed E-state index contributed by atoms with van der Waals surface area (Å²) in [6, 6.07) is 15.2. The molecule has 190 valence electrons. The molecule has 0 bridgehead atoms. The molecular formula is C28H30FN7O. The quantitative estimate of drug-likeness (QED) is 0.414. The smallest absolute Gasteiger partial charge is 0.144 e. The van der Waals surface area contributed by atoms with Crippen LogP contribution < -0.4 is 10.2 Å². The summed E-state index contributed by atoms with van der Waals surface area (Å²) < 4.78 is 20.0. The highest BCUT2D eigenvalue weighted by molar-refractivity contribution is 6.04. The zero-order chi connectivity index (χ0) is 25.4. The Labute approximate surface area is 215 Å². The molecule has 2 aliphatic heterocycles. The van der Waals surface area contributed by atoms with Crippen LogP contribution in [0.25, 0.3) is 22.2 Å². The lowest BCUT2D eigenvalue weighted by Gasteiger charge is -2.36. The second-order valence-electron chi connectivity index (χ2n) is 9.74. The topological polar surface area (TPSA) is 81.7 Å². The number of halogens is 1. The average molecular weight is 500 g/mol. The molecule has 4 heterocycles. The first-order chi connectivity index (χ1) is 18.1. The molecule has 0 spiro atoms. The highest BCUT2D eigenvalue weighted by atomic mass is 19.1. The maximum Gasteiger partial charge on any atom is 0.144 e. The number of fused-ring (bicyclic) bond motifs is 1. The Morgan fingerprint density at radius 3 is 2.81 bits per heavy atom. The monoisotopic (exact) mass is 499 g/mol. The maximum absolute atomic E-state index is 14.6. The van der Waals surface area contributed by atoms with Crippen LogP contribution in [0.2, 0.25) is 0 Å². The van der Waals surface area contributed by atoms with Crippen molar-refractivity contribution in [2.45, 2.75) is 25.6 Å². The second-order valence-corrected chi connectivity index (χ2v) is 9.74. The van der Waals surface area contributed by atoms with Crippen molar-refractivity contribution >= 4 is 16.7 Å². The van der Waals surface area contributed by atoms with Crippen LogP contribution in [0, 0.1) is 11.7 Å². The number of likely N-dealkylation sites (tertiary alicyclic amines) is 1. The molecular weight excluding hydrogens is 469 g/mol. The van der Waals surface area contributed by atoms with E-state index in [1.54, 1.807) is 25.6 Å². The summed E-state index contributed by atoms with van der Waals surface area (Å²) in [7, 11) is 3.63. The van der Waals surface area contributed by atoms with Gasteiger partial charge in [-0.25, -0.2) is 14.4 Å². The number of aromatic nitrogens is 3. The van der Waals surface area contributed by atoms with Gasteiger partial charge in [0, 0.05) is 60.5 Å². The van der Waals surface area contributed by atoms with Crippen LogP contribution in [0.3, 0.4) is 0 Å². The molecule has 0 saturated carbocycles. The van der Waals surface area contributed by atoms with Gasteiger partial charge in [-0.1, -0.05) is 6.07 Å². The molecule has 6 rings (SSSR count). The first-order valence-corrected chi connectivity index (χ1v) is 12.6. The Morgan fingerprint density at radius 2 is 1.97 bits per heavy atom. The van der Waals surface area contributed by atoms with Gasteiger partial charge in [0.2, 0.25) is 0 Å². The second kappa shape index (κ2) is 9.91. The van der Waals surface area contributed by atoms with E-state index >= 15 is 0 Å². The number of aromatic amines is 1. The van der Waals surface area contributed by atoms with Crippen molar-refractivity contribution in [1.82, 2.24) is 30.5 Å². The van der Waals surface area contributed by atoms with E-state index in [9.17, 15) is 4.39 Å². The number of pyridine rings is 1. The number of nitrogens with one attached hydrogen (secondary N) is 2. The third-order valence-electron chi connectivity index (χ3n) is 7.37. The van der Waals surface area contributed by atoms with Crippen molar-refractivity contribution in [1.29, 1.82) is 0 Å². The van der Waals surface area contributed by atoms with E-state index in [1.807, 2.05) is 31.3 Å². The number of hydrogen-bond donors (Lipinski definition) is 2. The molecule has 2 aliphatic rings. The molecule has 2 atom stereocenters. The van der Waals surface area contributed by atoms with Crippen molar-refractivity contribution in [3.05, 3.63) is 77.9 Å². The molecule has 8 nitrogen and oxygen atoms in total. The summed E-state index contributed by atoms with van der Waals surface area (Å²) in [5.41, 5.74) is 7.99. The minimum Gasteiger partial charge on any atom is -0.496 e. The number of ether oxygens (including phenoxy) is 1.